The van der Waals surface area contributed by atoms with Gasteiger partial charge in [0.2, 0.25) is 0 Å². The summed E-state index contributed by atoms with van der Waals surface area (Å²) in [5.74, 6) is -0.208. The summed E-state index contributed by atoms with van der Waals surface area (Å²) in [5.41, 5.74) is 2.03. The van der Waals surface area contributed by atoms with Gasteiger partial charge in [-0.05, 0) is 32.4 Å². The first-order chi connectivity index (χ1) is 13.4. The zero-order valence-electron chi connectivity index (χ0n) is 16.0. The van der Waals surface area contributed by atoms with Crippen molar-refractivity contribution in [2.75, 3.05) is 18.4 Å². The number of aryl methyl sites for hydroxylation is 1. The highest BCUT2D eigenvalue weighted by Crippen LogP contribution is 2.37. The molecule has 1 aliphatic heterocycles. The van der Waals surface area contributed by atoms with Crippen LogP contribution in [0.15, 0.2) is 23.6 Å². The number of carbonyl (C=O) groups excluding carboxylic acids is 1. The van der Waals surface area contributed by atoms with E-state index in [1.54, 1.807) is 0 Å². The number of halogens is 1. The second kappa shape index (κ2) is 8.08. The van der Waals surface area contributed by atoms with Crippen molar-refractivity contribution in [2.45, 2.75) is 39.5 Å². The lowest BCUT2D eigenvalue weighted by Gasteiger charge is -2.34. The molecule has 0 saturated carbocycles. The molecule has 28 heavy (non-hydrogen) atoms. The van der Waals surface area contributed by atoms with Crippen LogP contribution in [-0.2, 0) is 11.3 Å². The van der Waals surface area contributed by atoms with Gasteiger partial charge in [-0.25, -0.2) is 4.98 Å². The van der Waals surface area contributed by atoms with Crippen molar-refractivity contribution >= 4 is 55.4 Å². The number of rotatable bonds is 4. The number of morpholine rings is 1. The van der Waals surface area contributed by atoms with Gasteiger partial charge in [-0.1, -0.05) is 23.7 Å². The van der Waals surface area contributed by atoms with E-state index in [4.69, 9.17) is 16.3 Å². The van der Waals surface area contributed by atoms with Crippen LogP contribution >= 0.6 is 34.3 Å². The molecular weight excluding hydrogens is 414 g/mol. The van der Waals surface area contributed by atoms with Gasteiger partial charge in [0.25, 0.3) is 5.91 Å². The number of hydrogen-bond acceptors (Lipinski definition) is 6. The fourth-order valence-electron chi connectivity index (χ4n) is 3.65. The van der Waals surface area contributed by atoms with Crippen LogP contribution in [0.2, 0.25) is 5.02 Å². The Morgan fingerprint density at radius 3 is 2.82 bits per heavy atom. The number of amides is 1. The van der Waals surface area contributed by atoms with Crippen LogP contribution in [0.3, 0.4) is 0 Å². The second-order valence-corrected chi connectivity index (χ2v) is 9.53. The molecule has 1 saturated heterocycles. The topological polar surface area (TPSA) is 54.5 Å². The van der Waals surface area contributed by atoms with Crippen LogP contribution in [0.4, 0.5) is 5.13 Å². The van der Waals surface area contributed by atoms with E-state index in [1.165, 1.54) is 22.7 Å². The predicted octanol–water partition coefficient (Wildman–Crippen LogP) is 5.18. The van der Waals surface area contributed by atoms with Gasteiger partial charge in [0.15, 0.2) is 5.13 Å². The molecule has 0 radical (unpaired) electrons. The maximum absolute atomic E-state index is 12.8. The number of thiazole rings is 1. The first-order valence-corrected chi connectivity index (χ1v) is 11.3. The minimum Gasteiger partial charge on any atom is -0.373 e. The first kappa shape index (κ1) is 19.8. The Balaban J connectivity index is 1.46. The highest BCUT2D eigenvalue weighted by molar-refractivity contribution is 7.22. The number of nitrogens with zero attached hydrogens (tertiary/aromatic N) is 2. The van der Waals surface area contributed by atoms with Crippen LogP contribution < -0.4 is 5.32 Å². The van der Waals surface area contributed by atoms with E-state index in [0.29, 0.717) is 15.0 Å². The molecule has 3 aromatic rings. The van der Waals surface area contributed by atoms with Gasteiger partial charge in [-0.3, -0.25) is 15.0 Å². The van der Waals surface area contributed by atoms with Crippen LogP contribution in [-0.4, -0.2) is 41.1 Å². The van der Waals surface area contributed by atoms with Crippen molar-refractivity contribution in [1.29, 1.82) is 0 Å². The molecule has 8 heteroatoms. The zero-order chi connectivity index (χ0) is 19.8. The van der Waals surface area contributed by atoms with E-state index in [9.17, 15) is 4.79 Å². The minimum atomic E-state index is -0.208. The second-order valence-electron chi connectivity index (χ2n) is 7.24. The summed E-state index contributed by atoms with van der Waals surface area (Å²) in [4.78, 5) is 20.2. The van der Waals surface area contributed by atoms with Crippen LogP contribution in [0, 0.1) is 6.92 Å². The Kier molecular flexibility index (Phi) is 5.71. The number of fused-ring (bicyclic) bond motifs is 1. The fourth-order valence-corrected chi connectivity index (χ4v) is 5.93. The number of nitrogens with one attached hydrogen (secondary N) is 1. The lowest BCUT2D eigenvalue weighted by Crippen LogP contribution is -2.44. The molecule has 1 aliphatic rings. The monoisotopic (exact) mass is 435 g/mol. The van der Waals surface area contributed by atoms with Crippen LogP contribution in [0.5, 0.6) is 0 Å². The summed E-state index contributed by atoms with van der Waals surface area (Å²) < 4.78 is 6.80. The highest BCUT2D eigenvalue weighted by Gasteiger charge is 2.23. The third kappa shape index (κ3) is 4.09. The van der Waals surface area contributed by atoms with Gasteiger partial charge in [0, 0.05) is 35.1 Å². The molecule has 1 N–H and O–H groups in total. The molecule has 5 nitrogen and oxygen atoms in total. The van der Waals surface area contributed by atoms with Crippen molar-refractivity contribution in [3.8, 4) is 0 Å². The van der Waals surface area contributed by atoms with Crippen LogP contribution in [0.25, 0.3) is 10.1 Å². The number of aromatic nitrogens is 1. The van der Waals surface area contributed by atoms with Gasteiger partial charge in [-0.2, -0.15) is 0 Å². The molecule has 2 aromatic heterocycles. The lowest BCUT2D eigenvalue weighted by atomic mass is 10.1. The van der Waals surface area contributed by atoms with E-state index in [0.717, 1.165) is 41.0 Å². The minimum absolute atomic E-state index is 0.208. The summed E-state index contributed by atoms with van der Waals surface area (Å²) >= 11 is 9.35. The van der Waals surface area contributed by atoms with Crippen molar-refractivity contribution in [3.63, 3.8) is 0 Å². The molecule has 3 heterocycles. The Bertz CT molecular complexity index is 1010. The average Bonchev–Trinajstić information content (AvgIpc) is 3.19. The molecular formula is C20H22ClN3O2S2. The SMILES string of the molecule is Cc1cccc2sc(C(=O)Nc3nc(CN4C[C@@H](C)O[C@@H](C)C4)cs3)c(Cl)c12. The van der Waals surface area contributed by atoms with Crippen LogP contribution in [0.1, 0.15) is 34.8 Å². The number of hydrogen-bond donors (Lipinski definition) is 1. The van der Waals surface area contributed by atoms with E-state index in [-0.39, 0.29) is 18.1 Å². The molecule has 1 amide bonds. The maximum Gasteiger partial charge on any atom is 0.269 e. The van der Waals surface area contributed by atoms with Gasteiger partial charge in [0.05, 0.1) is 22.9 Å². The Morgan fingerprint density at radius 1 is 1.36 bits per heavy atom. The number of ether oxygens (including phenoxy) is 1. The van der Waals surface area contributed by atoms with Gasteiger partial charge < -0.3 is 4.74 Å². The molecule has 148 valence electrons. The van der Waals surface area contributed by atoms with Gasteiger partial charge in [0.1, 0.15) is 4.88 Å². The molecule has 0 aliphatic carbocycles. The van der Waals surface area contributed by atoms with E-state index < -0.39 is 0 Å². The number of carbonyl (C=O) groups is 1. The van der Waals surface area contributed by atoms with E-state index in [2.05, 4.69) is 29.0 Å². The van der Waals surface area contributed by atoms with Crippen molar-refractivity contribution in [1.82, 2.24) is 9.88 Å². The molecule has 1 fully saturated rings. The highest BCUT2D eigenvalue weighted by atomic mass is 35.5. The number of benzene rings is 1. The predicted molar refractivity (Wildman–Crippen MR) is 117 cm³/mol. The molecule has 2 atom stereocenters. The molecule has 0 spiro atoms. The largest absolute Gasteiger partial charge is 0.373 e. The summed E-state index contributed by atoms with van der Waals surface area (Å²) in [6, 6.07) is 5.97. The summed E-state index contributed by atoms with van der Waals surface area (Å²) in [6.45, 7) is 8.72. The smallest absolute Gasteiger partial charge is 0.269 e. The Hall–Kier alpha value is -1.51. The third-order valence-corrected chi connectivity index (χ3v) is 7.18. The fraction of sp³-hybridized carbons (Fsp3) is 0.400. The quantitative estimate of drug-likeness (QED) is 0.613. The number of anilines is 1. The Morgan fingerprint density at radius 2 is 2.11 bits per heavy atom. The first-order valence-electron chi connectivity index (χ1n) is 9.22. The lowest BCUT2D eigenvalue weighted by molar-refractivity contribution is -0.0707. The van der Waals surface area contributed by atoms with E-state index >= 15 is 0 Å². The Labute approximate surface area is 177 Å². The average molecular weight is 436 g/mol. The zero-order valence-corrected chi connectivity index (χ0v) is 18.4. The maximum atomic E-state index is 12.8. The van der Waals surface area contributed by atoms with Gasteiger partial charge >= 0.3 is 0 Å². The van der Waals surface area contributed by atoms with E-state index in [1.807, 2.05) is 30.5 Å². The molecule has 4 rings (SSSR count). The third-order valence-electron chi connectivity index (χ3n) is 4.72. The van der Waals surface area contributed by atoms with Crippen molar-refractivity contribution < 1.29 is 9.53 Å². The molecule has 1 aromatic carbocycles. The molecule has 0 bridgehead atoms. The number of thiophene rings is 1. The van der Waals surface area contributed by atoms with Crippen molar-refractivity contribution in [2.24, 2.45) is 0 Å². The molecule has 0 unspecified atom stereocenters. The summed E-state index contributed by atoms with van der Waals surface area (Å²) in [7, 11) is 0. The standard InChI is InChI=1S/C20H22ClN3O2S2/c1-11-5-4-6-15-16(11)17(21)18(28-15)19(25)23-20-22-14(10-27-20)9-24-7-12(2)26-13(3)8-24/h4-6,10,12-13H,7-9H2,1-3H3,(H,22,23,25)/t12-,13+. The summed E-state index contributed by atoms with van der Waals surface area (Å²) in [6.07, 6.45) is 0.445. The summed E-state index contributed by atoms with van der Waals surface area (Å²) in [5, 5.41) is 6.97. The van der Waals surface area contributed by atoms with Gasteiger partial charge in [-0.15, -0.1) is 22.7 Å². The normalized spacial score (nSPS) is 20.6. The van der Waals surface area contributed by atoms with Crippen molar-refractivity contribution in [3.05, 3.63) is 44.7 Å².